The van der Waals surface area contributed by atoms with Gasteiger partial charge in [0.25, 0.3) is 0 Å². The molecular formula is C31H28N4O2S. The van der Waals surface area contributed by atoms with Gasteiger partial charge in [-0.05, 0) is 41.8 Å². The van der Waals surface area contributed by atoms with E-state index in [1.807, 2.05) is 42.5 Å². The maximum atomic E-state index is 6.64. The second-order valence-corrected chi connectivity index (χ2v) is 10.2. The third-order valence-electron chi connectivity index (χ3n) is 6.48. The summed E-state index contributed by atoms with van der Waals surface area (Å²) in [4.78, 5) is 4.84. The highest BCUT2D eigenvalue weighted by atomic mass is 32.2. The van der Waals surface area contributed by atoms with E-state index in [0.717, 1.165) is 45.5 Å². The highest BCUT2D eigenvalue weighted by Crippen LogP contribution is 2.43. The first kappa shape index (κ1) is 24.2. The highest BCUT2D eigenvalue weighted by Gasteiger charge is 2.29. The molecule has 1 aromatic heterocycles. The summed E-state index contributed by atoms with van der Waals surface area (Å²) in [5.41, 5.74) is 5.80. The molecule has 6 nitrogen and oxygen atoms in total. The van der Waals surface area contributed by atoms with Crippen LogP contribution in [0.2, 0.25) is 0 Å². The summed E-state index contributed by atoms with van der Waals surface area (Å²) in [6.45, 7) is 4.81. The average molecular weight is 521 g/mol. The molecule has 1 aliphatic rings. The molecule has 0 bridgehead atoms. The van der Waals surface area contributed by atoms with Gasteiger partial charge >= 0.3 is 0 Å². The van der Waals surface area contributed by atoms with E-state index in [4.69, 9.17) is 14.5 Å². The van der Waals surface area contributed by atoms with Gasteiger partial charge in [-0.25, -0.2) is 0 Å². The van der Waals surface area contributed by atoms with Crippen molar-refractivity contribution in [3.05, 3.63) is 102 Å². The molecule has 5 aromatic rings. The largest absolute Gasteiger partial charge is 0.493 e. The number of rotatable bonds is 7. The van der Waals surface area contributed by atoms with Gasteiger partial charge in [0.15, 0.2) is 5.69 Å². The molecule has 0 aliphatic carbocycles. The second-order valence-electron chi connectivity index (χ2n) is 9.26. The van der Waals surface area contributed by atoms with Crippen LogP contribution in [0.4, 0.5) is 5.69 Å². The van der Waals surface area contributed by atoms with E-state index in [0.29, 0.717) is 23.3 Å². The maximum absolute atomic E-state index is 6.64. The van der Waals surface area contributed by atoms with Crippen molar-refractivity contribution >= 4 is 28.2 Å². The Bertz CT molecular complexity index is 1590. The molecular weight excluding hydrogens is 492 g/mol. The van der Waals surface area contributed by atoms with E-state index in [1.54, 1.807) is 11.8 Å². The van der Waals surface area contributed by atoms with Crippen LogP contribution in [0.1, 0.15) is 36.3 Å². The van der Waals surface area contributed by atoms with Crippen LogP contribution in [0.5, 0.6) is 11.6 Å². The lowest BCUT2D eigenvalue weighted by atomic mass is 10.0. The van der Waals surface area contributed by atoms with Gasteiger partial charge in [0.1, 0.15) is 5.75 Å². The minimum absolute atomic E-state index is 0.447. The standard InChI is InChI=1S/C31H28N4O2S/c1-3-18-36-26-17-16-22-8-4-5-9-23(22)27(26)29-32-25-11-7-6-10-24(25)28-30(37-29)33-31(35-34-28)38-19-21-14-12-20(2)13-15-21/h4-17,29,32H,3,18-19H2,1-2H3/t29-/m1/s1. The number of para-hydroxylation sites is 1. The minimum atomic E-state index is -0.540. The van der Waals surface area contributed by atoms with Crippen LogP contribution in [0.25, 0.3) is 22.0 Å². The Labute approximate surface area is 226 Å². The number of anilines is 1. The number of hydrogen-bond acceptors (Lipinski definition) is 7. The molecule has 190 valence electrons. The van der Waals surface area contributed by atoms with Crippen LogP contribution in [-0.4, -0.2) is 21.8 Å². The van der Waals surface area contributed by atoms with Crippen LogP contribution in [-0.2, 0) is 5.75 Å². The first-order chi connectivity index (χ1) is 18.7. The second kappa shape index (κ2) is 10.7. The molecule has 7 heteroatoms. The van der Waals surface area contributed by atoms with Crippen molar-refractivity contribution in [2.75, 3.05) is 11.9 Å². The number of fused-ring (bicyclic) bond motifs is 4. The monoisotopic (exact) mass is 520 g/mol. The topological polar surface area (TPSA) is 69.2 Å². The zero-order chi connectivity index (χ0) is 25.9. The van der Waals surface area contributed by atoms with Crippen LogP contribution in [0.3, 0.4) is 0 Å². The van der Waals surface area contributed by atoms with Crippen molar-refractivity contribution in [2.45, 2.75) is 37.4 Å². The van der Waals surface area contributed by atoms with Crippen LogP contribution in [0, 0.1) is 6.92 Å². The molecule has 0 radical (unpaired) electrons. The molecule has 1 atom stereocenters. The van der Waals surface area contributed by atoms with Crippen molar-refractivity contribution in [2.24, 2.45) is 0 Å². The summed E-state index contributed by atoms with van der Waals surface area (Å²) < 4.78 is 12.9. The van der Waals surface area contributed by atoms with Crippen molar-refractivity contribution < 1.29 is 9.47 Å². The first-order valence-electron chi connectivity index (χ1n) is 12.8. The molecule has 4 aromatic carbocycles. The predicted molar refractivity (Wildman–Crippen MR) is 153 cm³/mol. The Morgan fingerprint density at radius 3 is 2.61 bits per heavy atom. The van der Waals surface area contributed by atoms with Gasteiger partial charge in [-0.3, -0.25) is 0 Å². The number of benzene rings is 4. The molecule has 1 aliphatic heterocycles. The molecule has 38 heavy (non-hydrogen) atoms. The predicted octanol–water partition coefficient (Wildman–Crippen LogP) is 7.58. The number of thioether (sulfide) groups is 1. The SMILES string of the molecule is CCCOc1ccc2ccccc2c1[C@@H]1Nc2ccccc2-c2nnc(SCc3ccc(C)cc3)nc2O1. The van der Waals surface area contributed by atoms with Crippen molar-refractivity contribution in [1.82, 2.24) is 15.2 Å². The Morgan fingerprint density at radius 1 is 0.921 bits per heavy atom. The van der Waals surface area contributed by atoms with Crippen molar-refractivity contribution in [3.8, 4) is 22.9 Å². The van der Waals surface area contributed by atoms with Gasteiger partial charge in [-0.15, -0.1) is 10.2 Å². The average Bonchev–Trinajstić information content (AvgIpc) is 3.11. The molecule has 0 spiro atoms. The van der Waals surface area contributed by atoms with Gasteiger partial charge in [-0.2, -0.15) is 4.98 Å². The van der Waals surface area contributed by atoms with E-state index in [2.05, 4.69) is 71.8 Å². The molecule has 0 saturated carbocycles. The Balaban J connectivity index is 1.42. The Kier molecular flexibility index (Phi) is 6.84. The zero-order valence-electron chi connectivity index (χ0n) is 21.3. The number of aryl methyl sites for hydroxylation is 1. The van der Waals surface area contributed by atoms with Gasteiger partial charge in [0, 0.05) is 17.0 Å². The summed E-state index contributed by atoms with van der Waals surface area (Å²) in [6, 6.07) is 28.9. The summed E-state index contributed by atoms with van der Waals surface area (Å²) in [5.74, 6) is 1.99. The fourth-order valence-corrected chi connectivity index (χ4v) is 5.29. The van der Waals surface area contributed by atoms with Gasteiger partial charge in [0.05, 0.1) is 12.2 Å². The first-order valence-corrected chi connectivity index (χ1v) is 13.8. The van der Waals surface area contributed by atoms with Gasteiger partial charge in [-0.1, -0.05) is 97.0 Å². The van der Waals surface area contributed by atoms with E-state index < -0.39 is 6.23 Å². The maximum Gasteiger partial charge on any atom is 0.247 e. The lowest BCUT2D eigenvalue weighted by Crippen LogP contribution is -2.19. The minimum Gasteiger partial charge on any atom is -0.493 e. The van der Waals surface area contributed by atoms with Crippen molar-refractivity contribution in [1.29, 1.82) is 0 Å². The van der Waals surface area contributed by atoms with Crippen LogP contribution < -0.4 is 14.8 Å². The van der Waals surface area contributed by atoms with Crippen LogP contribution in [0.15, 0.2) is 90.1 Å². The van der Waals surface area contributed by atoms with Gasteiger partial charge < -0.3 is 14.8 Å². The molecule has 6 rings (SSSR count). The Morgan fingerprint density at radius 2 is 1.74 bits per heavy atom. The summed E-state index contributed by atoms with van der Waals surface area (Å²) in [7, 11) is 0. The van der Waals surface area contributed by atoms with Gasteiger partial charge in [0.2, 0.25) is 17.3 Å². The summed E-state index contributed by atoms with van der Waals surface area (Å²) in [5, 5.41) is 15.4. The fourth-order valence-electron chi connectivity index (χ4n) is 4.56. The zero-order valence-corrected chi connectivity index (χ0v) is 22.2. The number of nitrogens with one attached hydrogen (secondary N) is 1. The van der Waals surface area contributed by atoms with E-state index in [1.165, 1.54) is 11.1 Å². The quantitative estimate of drug-likeness (QED) is 0.222. The lowest BCUT2D eigenvalue weighted by Gasteiger charge is -2.23. The summed E-state index contributed by atoms with van der Waals surface area (Å²) in [6.07, 6.45) is 0.372. The third kappa shape index (κ3) is 4.89. The highest BCUT2D eigenvalue weighted by molar-refractivity contribution is 7.98. The smallest absolute Gasteiger partial charge is 0.247 e. The van der Waals surface area contributed by atoms with E-state index in [9.17, 15) is 0 Å². The molecule has 0 saturated heterocycles. The molecule has 0 unspecified atom stereocenters. The Hall–Kier alpha value is -4.10. The third-order valence-corrected chi connectivity index (χ3v) is 7.39. The van der Waals surface area contributed by atoms with Crippen molar-refractivity contribution in [3.63, 3.8) is 0 Å². The number of nitrogens with zero attached hydrogens (tertiary/aromatic N) is 3. The summed E-state index contributed by atoms with van der Waals surface area (Å²) >= 11 is 1.54. The van der Waals surface area contributed by atoms with E-state index in [-0.39, 0.29) is 0 Å². The molecule has 0 amide bonds. The number of aromatic nitrogens is 3. The lowest BCUT2D eigenvalue weighted by molar-refractivity contribution is 0.217. The van der Waals surface area contributed by atoms with Crippen LogP contribution >= 0.6 is 11.8 Å². The molecule has 2 heterocycles. The van der Waals surface area contributed by atoms with E-state index >= 15 is 0 Å². The number of ether oxygens (including phenoxy) is 2. The normalized spacial score (nSPS) is 14.1. The number of hydrogen-bond donors (Lipinski definition) is 1. The molecule has 0 fully saturated rings. The fraction of sp³-hybridized carbons (Fsp3) is 0.194. The molecule has 1 N–H and O–H groups in total.